The van der Waals surface area contributed by atoms with Gasteiger partial charge in [0.15, 0.2) is 24.6 Å². The van der Waals surface area contributed by atoms with Crippen LogP contribution in [-0.4, -0.2) is 66.3 Å². The number of ether oxygens (including phenoxy) is 5. The van der Waals surface area contributed by atoms with E-state index >= 15 is 0 Å². The topological polar surface area (TPSA) is 135 Å². The van der Waals surface area contributed by atoms with Crippen LogP contribution in [0.3, 0.4) is 0 Å². The maximum Gasteiger partial charge on any atom is 0.303 e. The van der Waals surface area contributed by atoms with Crippen molar-refractivity contribution < 1.29 is 48.0 Å². The van der Waals surface area contributed by atoms with Gasteiger partial charge >= 0.3 is 23.9 Å². The molecule has 10 heteroatoms. The Hall–Kier alpha value is -2.20. The van der Waals surface area contributed by atoms with Crippen LogP contribution in [-0.2, 0) is 42.9 Å². The lowest BCUT2D eigenvalue weighted by Gasteiger charge is -2.42. The zero-order valence-corrected chi connectivity index (χ0v) is 13.7. The van der Waals surface area contributed by atoms with Crippen molar-refractivity contribution >= 4 is 23.9 Å². The van der Waals surface area contributed by atoms with Gasteiger partial charge in [-0.05, 0) is 0 Å². The number of carbonyl (C=O) groups is 4. The van der Waals surface area contributed by atoms with Gasteiger partial charge in [0.05, 0.1) is 0 Å². The molecule has 5 atom stereocenters. The number of carbonyl (C=O) groups excluding carboxylic acids is 4. The van der Waals surface area contributed by atoms with E-state index in [2.05, 4.69) is 0 Å². The molecular formula is C14H20O10. The summed E-state index contributed by atoms with van der Waals surface area (Å²) in [6.45, 7) is 4.09. The molecule has 136 valence electrons. The van der Waals surface area contributed by atoms with Crippen LogP contribution >= 0.6 is 0 Å². The smallest absolute Gasteiger partial charge is 0.303 e. The fraction of sp³-hybridized carbons (Fsp3) is 0.714. The quantitative estimate of drug-likeness (QED) is 0.490. The van der Waals surface area contributed by atoms with Crippen molar-refractivity contribution in [1.29, 1.82) is 0 Å². The molecule has 1 unspecified atom stereocenters. The molecule has 1 rings (SSSR count). The summed E-state index contributed by atoms with van der Waals surface area (Å²) in [5.41, 5.74) is 0. The molecule has 24 heavy (non-hydrogen) atoms. The van der Waals surface area contributed by atoms with Gasteiger partial charge in [0.25, 0.3) is 0 Å². The Morgan fingerprint density at radius 3 is 1.71 bits per heavy atom. The van der Waals surface area contributed by atoms with Gasteiger partial charge < -0.3 is 28.8 Å². The van der Waals surface area contributed by atoms with Gasteiger partial charge in [-0.2, -0.15) is 0 Å². The van der Waals surface area contributed by atoms with Crippen molar-refractivity contribution in [3.05, 3.63) is 0 Å². The first-order chi connectivity index (χ1) is 11.1. The lowest BCUT2D eigenvalue weighted by molar-refractivity contribution is -0.296. The van der Waals surface area contributed by atoms with E-state index in [9.17, 15) is 24.3 Å². The van der Waals surface area contributed by atoms with Gasteiger partial charge in [-0.1, -0.05) is 0 Å². The Morgan fingerprint density at radius 2 is 1.25 bits per heavy atom. The van der Waals surface area contributed by atoms with Gasteiger partial charge in [0, 0.05) is 27.7 Å². The van der Waals surface area contributed by atoms with Crippen LogP contribution in [0.1, 0.15) is 27.7 Å². The predicted octanol–water partition coefficient (Wildman–Crippen LogP) is -0.938. The van der Waals surface area contributed by atoms with Crippen molar-refractivity contribution in [3.63, 3.8) is 0 Å². The number of hydrogen-bond acceptors (Lipinski definition) is 10. The van der Waals surface area contributed by atoms with E-state index in [1.54, 1.807) is 0 Å². The molecule has 0 aromatic rings. The van der Waals surface area contributed by atoms with Crippen molar-refractivity contribution in [2.24, 2.45) is 0 Å². The second-order valence-electron chi connectivity index (χ2n) is 5.09. The second kappa shape index (κ2) is 8.60. The number of hydrogen-bond donors (Lipinski definition) is 1. The SMILES string of the molecule is CC(=O)OC[C@@H]1OC(O)[C@@H](OC(C)=O)[C@H](OC(C)=O)[C@@H]1OC(C)=O. The highest BCUT2D eigenvalue weighted by atomic mass is 16.7. The van der Waals surface area contributed by atoms with Gasteiger partial charge in [-0.3, -0.25) is 19.2 Å². The molecule has 0 bridgehead atoms. The third-order valence-corrected chi connectivity index (χ3v) is 2.97. The lowest BCUT2D eigenvalue weighted by atomic mass is 9.98. The van der Waals surface area contributed by atoms with Crippen molar-refractivity contribution in [1.82, 2.24) is 0 Å². The Kier molecular flexibility index (Phi) is 7.11. The van der Waals surface area contributed by atoms with Crippen LogP contribution < -0.4 is 0 Å². The number of aliphatic hydroxyl groups excluding tert-OH is 1. The van der Waals surface area contributed by atoms with Crippen LogP contribution in [0.5, 0.6) is 0 Å². The molecular weight excluding hydrogens is 328 g/mol. The van der Waals surface area contributed by atoms with E-state index in [4.69, 9.17) is 23.7 Å². The summed E-state index contributed by atoms with van der Waals surface area (Å²) in [7, 11) is 0. The summed E-state index contributed by atoms with van der Waals surface area (Å²) in [6.07, 6.45) is -6.79. The third-order valence-electron chi connectivity index (χ3n) is 2.97. The normalized spacial score (nSPS) is 29.3. The fourth-order valence-electron chi connectivity index (χ4n) is 2.21. The summed E-state index contributed by atoms with van der Waals surface area (Å²) in [5.74, 6) is -2.87. The minimum Gasteiger partial charge on any atom is -0.463 e. The van der Waals surface area contributed by atoms with E-state index in [1.807, 2.05) is 0 Å². The fourth-order valence-corrected chi connectivity index (χ4v) is 2.21. The summed E-state index contributed by atoms with van der Waals surface area (Å²) in [4.78, 5) is 44.9. The molecule has 1 saturated heterocycles. The average Bonchev–Trinajstić information content (AvgIpc) is 2.42. The zero-order chi connectivity index (χ0) is 18.4. The molecule has 0 saturated carbocycles. The maximum absolute atomic E-state index is 11.3. The number of rotatable bonds is 5. The zero-order valence-electron chi connectivity index (χ0n) is 13.7. The van der Waals surface area contributed by atoms with Crippen molar-refractivity contribution in [3.8, 4) is 0 Å². The minimum absolute atomic E-state index is 0.366. The standard InChI is InChI=1S/C14H20O10/c1-6(15)20-5-10-11(21-7(2)16)12(22-8(3)17)13(14(19)24-10)23-9(4)18/h10-14,19H,5H2,1-4H3/t10-,11+,12+,13-,14?/m0/s1. The van der Waals surface area contributed by atoms with E-state index in [0.717, 1.165) is 27.7 Å². The second-order valence-corrected chi connectivity index (χ2v) is 5.09. The highest BCUT2D eigenvalue weighted by molar-refractivity contribution is 5.68. The van der Waals surface area contributed by atoms with Crippen LogP contribution in [0.25, 0.3) is 0 Å². The van der Waals surface area contributed by atoms with Crippen LogP contribution in [0, 0.1) is 0 Å². The first kappa shape index (κ1) is 19.8. The van der Waals surface area contributed by atoms with Crippen LogP contribution in [0.2, 0.25) is 0 Å². The monoisotopic (exact) mass is 348 g/mol. The van der Waals surface area contributed by atoms with Crippen molar-refractivity contribution in [2.45, 2.75) is 58.4 Å². The molecule has 0 aromatic carbocycles. The first-order valence-electron chi connectivity index (χ1n) is 7.10. The summed E-state index contributed by atoms with van der Waals surface area (Å²) < 4.78 is 25.0. The first-order valence-corrected chi connectivity index (χ1v) is 7.10. The largest absolute Gasteiger partial charge is 0.463 e. The number of aliphatic hydroxyl groups is 1. The van der Waals surface area contributed by atoms with Gasteiger partial charge in [0.1, 0.15) is 12.7 Å². The maximum atomic E-state index is 11.3. The molecule has 1 aliphatic rings. The highest BCUT2D eigenvalue weighted by Gasteiger charge is 2.51. The van der Waals surface area contributed by atoms with Gasteiger partial charge in [0.2, 0.25) is 0 Å². The third kappa shape index (κ3) is 5.78. The van der Waals surface area contributed by atoms with E-state index in [1.165, 1.54) is 0 Å². The van der Waals surface area contributed by atoms with E-state index in [-0.39, 0.29) is 6.61 Å². The van der Waals surface area contributed by atoms with Crippen molar-refractivity contribution in [2.75, 3.05) is 6.61 Å². The summed E-state index contributed by atoms with van der Waals surface area (Å²) >= 11 is 0. The van der Waals surface area contributed by atoms with Gasteiger partial charge in [-0.15, -0.1) is 0 Å². The molecule has 1 fully saturated rings. The number of esters is 4. The Labute approximate surface area is 137 Å². The molecule has 10 nitrogen and oxygen atoms in total. The van der Waals surface area contributed by atoms with Crippen LogP contribution in [0.15, 0.2) is 0 Å². The average molecular weight is 348 g/mol. The Morgan fingerprint density at radius 1 is 0.792 bits per heavy atom. The summed E-state index contributed by atoms with van der Waals surface area (Å²) in [5, 5.41) is 10.0. The lowest BCUT2D eigenvalue weighted by Crippen LogP contribution is -2.62. The Bertz CT molecular complexity index is 502. The minimum atomic E-state index is -1.68. The van der Waals surface area contributed by atoms with Crippen LogP contribution in [0.4, 0.5) is 0 Å². The molecule has 1 N–H and O–H groups in total. The molecule has 1 heterocycles. The molecule has 0 amide bonds. The molecule has 0 radical (unpaired) electrons. The molecule has 1 aliphatic heterocycles. The molecule has 0 aromatic heterocycles. The Balaban J connectivity index is 3.11. The van der Waals surface area contributed by atoms with E-state index in [0.29, 0.717) is 0 Å². The molecule has 0 aliphatic carbocycles. The predicted molar refractivity (Wildman–Crippen MR) is 74.2 cm³/mol. The molecule has 0 spiro atoms. The van der Waals surface area contributed by atoms with E-state index < -0.39 is 54.6 Å². The summed E-state index contributed by atoms with van der Waals surface area (Å²) in [6, 6.07) is 0. The van der Waals surface area contributed by atoms with Gasteiger partial charge in [-0.25, -0.2) is 0 Å². The highest BCUT2D eigenvalue weighted by Crippen LogP contribution is 2.28.